The van der Waals surface area contributed by atoms with Crippen molar-refractivity contribution in [3.05, 3.63) is 36.0 Å². The summed E-state index contributed by atoms with van der Waals surface area (Å²) in [5, 5.41) is 37.0. The number of aromatic nitrogens is 1. The second-order valence-corrected chi connectivity index (χ2v) is 9.65. The number of rotatable bonds is 13. The summed E-state index contributed by atoms with van der Waals surface area (Å²) in [7, 11) is 0. The lowest BCUT2D eigenvalue weighted by Gasteiger charge is -2.27. The number of nitrogens with two attached hydrogens (primary N) is 1. The molecule has 3 amide bonds. The molecule has 2 aromatic rings. The summed E-state index contributed by atoms with van der Waals surface area (Å²) >= 11 is 0. The average Bonchev–Trinajstić information content (AvgIpc) is 3.21. The fourth-order valence-electron chi connectivity index (χ4n) is 3.90. The van der Waals surface area contributed by atoms with Gasteiger partial charge >= 0.3 is 5.97 Å². The number of benzene rings is 1. The van der Waals surface area contributed by atoms with Gasteiger partial charge in [-0.3, -0.25) is 14.4 Å². The first-order chi connectivity index (χ1) is 17.3. The molecule has 0 spiro atoms. The van der Waals surface area contributed by atoms with E-state index in [-0.39, 0.29) is 18.8 Å². The van der Waals surface area contributed by atoms with Crippen LogP contribution >= 0.6 is 0 Å². The van der Waals surface area contributed by atoms with Crippen molar-refractivity contribution in [3.63, 3.8) is 0 Å². The molecule has 12 heteroatoms. The SMILES string of the molecule is CC(C)CC(NC(=O)C(N)Cc1c[nH]c2ccccc12)C(=O)NC(C(=O)NC(C(=O)O)C(C)O)C(C)O. The van der Waals surface area contributed by atoms with Gasteiger partial charge in [0.05, 0.1) is 18.2 Å². The van der Waals surface area contributed by atoms with Crippen LogP contribution < -0.4 is 21.7 Å². The van der Waals surface area contributed by atoms with E-state index in [9.17, 15) is 34.5 Å². The zero-order valence-electron chi connectivity index (χ0n) is 21.4. The van der Waals surface area contributed by atoms with Gasteiger partial charge in [0, 0.05) is 17.1 Å². The molecule has 0 aliphatic rings. The molecule has 6 unspecified atom stereocenters. The predicted octanol–water partition coefficient (Wildman–Crippen LogP) is -0.616. The van der Waals surface area contributed by atoms with Gasteiger partial charge in [-0.05, 0) is 44.2 Å². The van der Waals surface area contributed by atoms with Crippen LogP contribution in [-0.2, 0) is 25.6 Å². The van der Waals surface area contributed by atoms with E-state index >= 15 is 0 Å². The Morgan fingerprint density at radius 3 is 2.05 bits per heavy atom. The third kappa shape index (κ3) is 8.27. The molecule has 1 heterocycles. The molecule has 2 rings (SSSR count). The molecule has 0 aliphatic carbocycles. The molecule has 0 radical (unpaired) electrons. The number of hydrogen-bond donors (Lipinski definition) is 8. The number of aliphatic hydroxyl groups excluding tert-OH is 2. The number of fused-ring (bicyclic) bond motifs is 1. The molecule has 9 N–H and O–H groups in total. The number of carboxylic acids is 1. The van der Waals surface area contributed by atoms with E-state index in [2.05, 4.69) is 20.9 Å². The van der Waals surface area contributed by atoms with E-state index in [0.29, 0.717) is 0 Å². The fraction of sp³-hybridized carbons (Fsp3) is 0.520. The van der Waals surface area contributed by atoms with E-state index in [1.165, 1.54) is 13.8 Å². The summed E-state index contributed by atoms with van der Waals surface area (Å²) in [6.07, 6.45) is -0.595. The molecule has 0 saturated heterocycles. The number of hydrogen-bond acceptors (Lipinski definition) is 7. The minimum absolute atomic E-state index is 0.0219. The minimum atomic E-state index is -1.64. The zero-order valence-corrected chi connectivity index (χ0v) is 21.4. The molecule has 0 bridgehead atoms. The zero-order chi connectivity index (χ0) is 27.9. The molecule has 0 fully saturated rings. The average molecular weight is 520 g/mol. The first-order valence-corrected chi connectivity index (χ1v) is 12.1. The quantitative estimate of drug-likeness (QED) is 0.171. The van der Waals surface area contributed by atoms with Crippen molar-refractivity contribution in [2.75, 3.05) is 0 Å². The van der Waals surface area contributed by atoms with E-state index in [1.807, 2.05) is 38.1 Å². The number of aromatic amines is 1. The van der Waals surface area contributed by atoms with Gasteiger partial charge in [-0.25, -0.2) is 4.79 Å². The van der Waals surface area contributed by atoms with Crippen LogP contribution in [-0.4, -0.2) is 80.4 Å². The highest BCUT2D eigenvalue weighted by Crippen LogP contribution is 2.19. The smallest absolute Gasteiger partial charge is 0.328 e. The van der Waals surface area contributed by atoms with Crippen molar-refractivity contribution in [3.8, 4) is 0 Å². The predicted molar refractivity (Wildman–Crippen MR) is 136 cm³/mol. The maximum Gasteiger partial charge on any atom is 0.328 e. The Kier molecular flexibility index (Phi) is 10.6. The summed E-state index contributed by atoms with van der Waals surface area (Å²) in [6.45, 7) is 6.12. The van der Waals surface area contributed by atoms with Crippen LogP contribution in [0.4, 0.5) is 0 Å². The first kappa shape index (κ1) is 29.7. The fourth-order valence-corrected chi connectivity index (χ4v) is 3.90. The molecular formula is C25H37N5O7. The molecule has 6 atom stereocenters. The Morgan fingerprint density at radius 1 is 0.892 bits per heavy atom. The molecule has 0 saturated carbocycles. The lowest BCUT2D eigenvalue weighted by atomic mass is 10.0. The molecule has 1 aromatic carbocycles. The Bertz CT molecular complexity index is 1100. The molecular weight excluding hydrogens is 482 g/mol. The summed E-state index contributed by atoms with van der Waals surface area (Å²) < 4.78 is 0. The number of H-pyrrole nitrogens is 1. The van der Waals surface area contributed by atoms with E-state index < -0.39 is 60.1 Å². The maximum atomic E-state index is 13.1. The maximum absolute atomic E-state index is 13.1. The summed E-state index contributed by atoms with van der Waals surface area (Å²) in [5.74, 6) is -3.81. The molecule has 204 valence electrons. The van der Waals surface area contributed by atoms with Crippen LogP contribution in [0.5, 0.6) is 0 Å². The van der Waals surface area contributed by atoms with Gasteiger partial charge in [0.2, 0.25) is 17.7 Å². The normalized spacial score (nSPS) is 16.3. The summed E-state index contributed by atoms with van der Waals surface area (Å²) in [4.78, 5) is 53.0. The van der Waals surface area contributed by atoms with Gasteiger partial charge in [-0.2, -0.15) is 0 Å². The van der Waals surface area contributed by atoms with E-state index in [1.54, 1.807) is 6.20 Å². The van der Waals surface area contributed by atoms with Crippen LogP contribution in [0.25, 0.3) is 10.9 Å². The number of carboxylic acid groups (broad SMARTS) is 1. The highest BCUT2D eigenvalue weighted by atomic mass is 16.4. The summed E-state index contributed by atoms with van der Waals surface area (Å²) in [5.41, 5.74) is 7.90. The minimum Gasteiger partial charge on any atom is -0.480 e. The van der Waals surface area contributed by atoms with Crippen molar-refractivity contribution in [1.29, 1.82) is 0 Å². The topological polar surface area (TPSA) is 207 Å². The number of para-hydroxylation sites is 1. The van der Waals surface area contributed by atoms with Crippen LogP contribution in [0.15, 0.2) is 30.5 Å². The Balaban J connectivity index is 2.12. The van der Waals surface area contributed by atoms with Crippen molar-refractivity contribution in [1.82, 2.24) is 20.9 Å². The number of nitrogens with one attached hydrogen (secondary N) is 4. The van der Waals surface area contributed by atoms with Gasteiger partial charge in [-0.1, -0.05) is 32.0 Å². The van der Waals surface area contributed by atoms with Crippen LogP contribution in [0, 0.1) is 5.92 Å². The Hall–Kier alpha value is -3.48. The highest BCUT2D eigenvalue weighted by Gasteiger charge is 2.34. The standard InChI is InChI=1S/C25H37N5O7/c1-12(2)9-19(23(34)29-20(13(3)31)24(35)30-21(14(4)32)25(36)37)28-22(33)17(26)10-15-11-27-18-8-6-5-7-16(15)18/h5-8,11-14,17,19-21,27,31-32H,9-10,26H2,1-4H3,(H,28,33)(H,29,34)(H,30,35)(H,36,37). The van der Waals surface area contributed by atoms with Gasteiger partial charge in [0.1, 0.15) is 12.1 Å². The molecule has 37 heavy (non-hydrogen) atoms. The third-order valence-electron chi connectivity index (χ3n) is 5.90. The number of carbonyl (C=O) groups is 4. The second kappa shape index (κ2) is 13.2. The highest BCUT2D eigenvalue weighted by molar-refractivity contribution is 5.94. The van der Waals surface area contributed by atoms with Gasteiger partial charge in [-0.15, -0.1) is 0 Å². The number of amides is 3. The molecule has 12 nitrogen and oxygen atoms in total. The lowest BCUT2D eigenvalue weighted by Crippen LogP contribution is -2.61. The van der Waals surface area contributed by atoms with Gasteiger partial charge < -0.3 is 42.0 Å². The van der Waals surface area contributed by atoms with Crippen molar-refractivity contribution in [2.24, 2.45) is 11.7 Å². The van der Waals surface area contributed by atoms with E-state index in [0.717, 1.165) is 16.5 Å². The molecule has 0 aliphatic heterocycles. The second-order valence-electron chi connectivity index (χ2n) is 9.65. The van der Waals surface area contributed by atoms with Crippen molar-refractivity contribution >= 4 is 34.6 Å². The third-order valence-corrected chi connectivity index (χ3v) is 5.90. The van der Waals surface area contributed by atoms with Crippen LogP contribution in [0.2, 0.25) is 0 Å². The van der Waals surface area contributed by atoms with Crippen molar-refractivity contribution < 1.29 is 34.5 Å². The van der Waals surface area contributed by atoms with Gasteiger partial charge in [0.25, 0.3) is 0 Å². The number of aliphatic carboxylic acids is 1. The monoisotopic (exact) mass is 519 g/mol. The number of carbonyl (C=O) groups excluding carboxylic acids is 3. The van der Waals surface area contributed by atoms with Crippen LogP contribution in [0.1, 0.15) is 39.7 Å². The largest absolute Gasteiger partial charge is 0.480 e. The Morgan fingerprint density at radius 2 is 1.49 bits per heavy atom. The number of aliphatic hydroxyl groups is 2. The molecule has 1 aromatic heterocycles. The summed E-state index contributed by atoms with van der Waals surface area (Å²) in [6, 6.07) is 2.39. The van der Waals surface area contributed by atoms with Crippen molar-refractivity contribution in [2.45, 2.75) is 76.9 Å². The Labute approximate surface area is 215 Å². The van der Waals surface area contributed by atoms with E-state index in [4.69, 9.17) is 5.73 Å². The first-order valence-electron chi connectivity index (χ1n) is 12.1. The van der Waals surface area contributed by atoms with Crippen LogP contribution in [0.3, 0.4) is 0 Å². The van der Waals surface area contributed by atoms with Gasteiger partial charge in [0.15, 0.2) is 6.04 Å². The lowest BCUT2D eigenvalue weighted by molar-refractivity contribution is -0.146.